The van der Waals surface area contributed by atoms with E-state index < -0.39 is 4.92 Å². The Kier molecular flexibility index (Phi) is 4.44. The van der Waals surface area contributed by atoms with E-state index in [1.807, 2.05) is 30.3 Å². The molecule has 0 bridgehead atoms. The molecular formula is C15H13N2O3. The Bertz CT molecular complexity index is 594. The molecule has 1 radical (unpaired) electrons. The topological polar surface area (TPSA) is 72.2 Å². The van der Waals surface area contributed by atoms with Gasteiger partial charge in [0.1, 0.15) is 0 Å². The van der Waals surface area contributed by atoms with Crippen molar-refractivity contribution in [3.05, 3.63) is 82.4 Å². The molecule has 0 aliphatic carbocycles. The summed E-state index contributed by atoms with van der Waals surface area (Å²) in [7, 11) is 0. The molecule has 0 aromatic heterocycles. The van der Waals surface area contributed by atoms with Crippen LogP contribution in [0, 0.1) is 16.7 Å². The minimum Gasteiger partial charge on any atom is -0.347 e. The highest BCUT2D eigenvalue weighted by Crippen LogP contribution is 2.12. The Morgan fingerprint density at radius 2 is 1.75 bits per heavy atom. The highest BCUT2D eigenvalue weighted by molar-refractivity contribution is 5.79. The van der Waals surface area contributed by atoms with E-state index >= 15 is 0 Å². The summed E-state index contributed by atoms with van der Waals surface area (Å²) in [5.41, 5.74) is 1.66. The molecule has 20 heavy (non-hydrogen) atoms. The van der Waals surface area contributed by atoms with E-state index in [2.05, 4.69) is 5.32 Å². The van der Waals surface area contributed by atoms with Crippen LogP contribution in [0.2, 0.25) is 0 Å². The second kappa shape index (κ2) is 6.47. The van der Waals surface area contributed by atoms with E-state index in [9.17, 15) is 14.9 Å². The molecular weight excluding hydrogens is 256 g/mol. The first-order valence-electron chi connectivity index (χ1n) is 6.06. The number of rotatable bonds is 5. The number of hydrogen-bond donors (Lipinski definition) is 1. The SMILES string of the molecule is O=C(Cc1ccccc1)N[CH]c1ccc([N+](=O)[O-])cc1. The van der Waals surface area contributed by atoms with Crippen LogP contribution in [0.5, 0.6) is 0 Å². The average molecular weight is 269 g/mol. The van der Waals surface area contributed by atoms with Gasteiger partial charge < -0.3 is 5.32 Å². The zero-order valence-corrected chi connectivity index (χ0v) is 10.7. The number of carbonyl (C=O) groups excluding carboxylic acids is 1. The number of amides is 1. The van der Waals surface area contributed by atoms with Crippen molar-refractivity contribution < 1.29 is 9.72 Å². The molecule has 0 aliphatic heterocycles. The lowest BCUT2D eigenvalue weighted by Gasteiger charge is -2.04. The maximum Gasteiger partial charge on any atom is 0.269 e. The highest BCUT2D eigenvalue weighted by Gasteiger charge is 2.06. The Labute approximate surface area is 116 Å². The number of benzene rings is 2. The molecule has 0 saturated heterocycles. The van der Waals surface area contributed by atoms with Crippen molar-refractivity contribution in [3.8, 4) is 0 Å². The molecule has 0 spiro atoms. The molecule has 101 valence electrons. The van der Waals surface area contributed by atoms with Crippen molar-refractivity contribution in [1.82, 2.24) is 5.32 Å². The van der Waals surface area contributed by atoms with Gasteiger partial charge in [0.2, 0.25) is 5.91 Å². The van der Waals surface area contributed by atoms with Gasteiger partial charge in [-0.15, -0.1) is 0 Å². The molecule has 2 rings (SSSR count). The molecule has 1 N–H and O–H groups in total. The molecule has 0 atom stereocenters. The predicted octanol–water partition coefficient (Wildman–Crippen LogP) is 2.46. The van der Waals surface area contributed by atoms with Crippen molar-refractivity contribution in [2.75, 3.05) is 0 Å². The van der Waals surface area contributed by atoms with E-state index in [1.165, 1.54) is 18.7 Å². The second-order valence-corrected chi connectivity index (χ2v) is 4.22. The third-order valence-corrected chi connectivity index (χ3v) is 2.71. The largest absolute Gasteiger partial charge is 0.347 e. The lowest BCUT2D eigenvalue weighted by atomic mass is 10.1. The van der Waals surface area contributed by atoms with Crippen molar-refractivity contribution in [3.63, 3.8) is 0 Å². The summed E-state index contributed by atoms with van der Waals surface area (Å²) in [5.74, 6) is -0.130. The normalized spacial score (nSPS) is 10.0. The van der Waals surface area contributed by atoms with Gasteiger partial charge in [0.25, 0.3) is 5.69 Å². The van der Waals surface area contributed by atoms with Gasteiger partial charge in [-0.25, -0.2) is 0 Å². The number of nitro groups is 1. The van der Waals surface area contributed by atoms with Gasteiger partial charge in [-0.2, -0.15) is 0 Å². The summed E-state index contributed by atoms with van der Waals surface area (Å²) in [6.45, 7) is 1.54. The van der Waals surface area contributed by atoms with Crippen LogP contribution in [0.25, 0.3) is 0 Å². The number of non-ortho nitro benzene ring substituents is 1. The number of nitrogens with one attached hydrogen (secondary N) is 1. The van der Waals surface area contributed by atoms with Gasteiger partial charge in [-0.3, -0.25) is 14.9 Å². The van der Waals surface area contributed by atoms with Crippen LogP contribution in [0.15, 0.2) is 54.6 Å². The summed E-state index contributed by atoms with van der Waals surface area (Å²) in [4.78, 5) is 21.8. The summed E-state index contributed by atoms with van der Waals surface area (Å²) in [5, 5.41) is 13.2. The van der Waals surface area contributed by atoms with Gasteiger partial charge in [-0.1, -0.05) is 42.5 Å². The highest BCUT2D eigenvalue weighted by atomic mass is 16.6. The van der Waals surface area contributed by atoms with Crippen LogP contribution in [0.4, 0.5) is 5.69 Å². The molecule has 0 fully saturated rings. The number of nitro benzene ring substituents is 1. The average Bonchev–Trinajstić information content (AvgIpc) is 2.46. The smallest absolute Gasteiger partial charge is 0.269 e. The van der Waals surface area contributed by atoms with Gasteiger partial charge in [-0.05, 0) is 11.1 Å². The summed E-state index contributed by atoms with van der Waals surface area (Å²) in [6, 6.07) is 15.4. The summed E-state index contributed by atoms with van der Waals surface area (Å²) >= 11 is 0. The van der Waals surface area contributed by atoms with E-state index in [-0.39, 0.29) is 11.6 Å². The molecule has 1 amide bonds. The van der Waals surface area contributed by atoms with Crippen LogP contribution in [-0.4, -0.2) is 10.8 Å². The molecule has 0 unspecified atom stereocenters. The van der Waals surface area contributed by atoms with E-state index in [4.69, 9.17) is 0 Å². The van der Waals surface area contributed by atoms with E-state index in [0.29, 0.717) is 12.0 Å². The minimum atomic E-state index is -0.461. The second-order valence-electron chi connectivity index (χ2n) is 4.22. The number of carbonyl (C=O) groups is 1. The zero-order chi connectivity index (χ0) is 14.4. The van der Waals surface area contributed by atoms with Gasteiger partial charge in [0.05, 0.1) is 17.9 Å². The summed E-state index contributed by atoms with van der Waals surface area (Å²) < 4.78 is 0. The lowest BCUT2D eigenvalue weighted by molar-refractivity contribution is -0.384. The monoisotopic (exact) mass is 269 g/mol. The van der Waals surface area contributed by atoms with Crippen LogP contribution in [-0.2, 0) is 11.2 Å². The van der Waals surface area contributed by atoms with Crippen molar-refractivity contribution in [2.24, 2.45) is 0 Å². The number of hydrogen-bond acceptors (Lipinski definition) is 3. The fraction of sp³-hybridized carbons (Fsp3) is 0.0667. The van der Waals surface area contributed by atoms with Crippen LogP contribution >= 0.6 is 0 Å². The third kappa shape index (κ3) is 3.91. The van der Waals surface area contributed by atoms with Gasteiger partial charge >= 0.3 is 0 Å². The minimum absolute atomic E-state index is 0.0257. The quantitative estimate of drug-likeness (QED) is 0.669. The molecule has 0 aliphatic rings. The van der Waals surface area contributed by atoms with Crippen molar-refractivity contribution >= 4 is 11.6 Å². The Balaban J connectivity index is 1.85. The molecule has 5 nitrogen and oxygen atoms in total. The van der Waals surface area contributed by atoms with Crippen molar-refractivity contribution in [2.45, 2.75) is 6.42 Å². The van der Waals surface area contributed by atoms with Crippen molar-refractivity contribution in [1.29, 1.82) is 0 Å². The number of nitrogens with zero attached hydrogens (tertiary/aromatic N) is 1. The molecule has 0 saturated carbocycles. The fourth-order valence-corrected chi connectivity index (χ4v) is 1.69. The Morgan fingerprint density at radius 1 is 1.10 bits per heavy atom. The molecule has 2 aromatic rings. The maximum atomic E-state index is 11.7. The standard InChI is InChI=1S/C15H13N2O3/c18-15(10-12-4-2-1-3-5-12)16-11-13-6-8-14(9-7-13)17(19)20/h1-9,11H,10H2,(H,16,18). The first-order valence-corrected chi connectivity index (χ1v) is 6.06. The Hall–Kier alpha value is -2.69. The van der Waals surface area contributed by atoms with E-state index in [0.717, 1.165) is 5.56 Å². The van der Waals surface area contributed by atoms with Crippen LogP contribution < -0.4 is 5.32 Å². The first-order chi connectivity index (χ1) is 9.65. The molecule has 5 heteroatoms. The fourth-order valence-electron chi connectivity index (χ4n) is 1.69. The zero-order valence-electron chi connectivity index (χ0n) is 10.7. The molecule has 0 heterocycles. The molecule has 2 aromatic carbocycles. The first kappa shape index (κ1) is 13.7. The van der Waals surface area contributed by atoms with Crippen LogP contribution in [0.3, 0.4) is 0 Å². The Morgan fingerprint density at radius 3 is 2.35 bits per heavy atom. The van der Waals surface area contributed by atoms with Gasteiger partial charge in [0, 0.05) is 12.1 Å². The summed E-state index contributed by atoms with van der Waals surface area (Å²) in [6.07, 6.45) is 0.296. The van der Waals surface area contributed by atoms with E-state index in [1.54, 1.807) is 12.1 Å². The van der Waals surface area contributed by atoms with Crippen LogP contribution in [0.1, 0.15) is 11.1 Å². The maximum absolute atomic E-state index is 11.7. The predicted molar refractivity (Wildman–Crippen MR) is 74.8 cm³/mol. The van der Waals surface area contributed by atoms with Gasteiger partial charge in [0.15, 0.2) is 0 Å². The lowest BCUT2D eigenvalue weighted by Crippen LogP contribution is -2.22. The third-order valence-electron chi connectivity index (χ3n) is 2.71.